The molecule has 0 radical (unpaired) electrons. The fraction of sp³-hybridized carbons (Fsp3) is 0.308. The van der Waals surface area contributed by atoms with Crippen LogP contribution in [0.25, 0.3) is 11.1 Å². The van der Waals surface area contributed by atoms with Gasteiger partial charge in [0.25, 0.3) is 10.0 Å². The summed E-state index contributed by atoms with van der Waals surface area (Å²) in [6.45, 7) is 1.71. The smallest absolute Gasteiger partial charge is 0.262 e. The van der Waals surface area contributed by atoms with Crippen molar-refractivity contribution in [1.29, 1.82) is 0 Å². The predicted molar refractivity (Wildman–Crippen MR) is 140 cm³/mol. The number of hydrogen-bond donors (Lipinski definition) is 1. The van der Waals surface area contributed by atoms with E-state index >= 15 is 0 Å². The second-order valence-corrected chi connectivity index (χ2v) is 10.5. The summed E-state index contributed by atoms with van der Waals surface area (Å²) in [6, 6.07) is 15.0. The third kappa shape index (κ3) is 5.48. The van der Waals surface area contributed by atoms with Gasteiger partial charge in [0, 0.05) is 36.3 Å². The van der Waals surface area contributed by atoms with Gasteiger partial charge in [-0.2, -0.15) is 0 Å². The molecule has 1 aliphatic heterocycles. The number of anilines is 1. The minimum atomic E-state index is -4.09. The van der Waals surface area contributed by atoms with E-state index in [2.05, 4.69) is 9.62 Å². The number of para-hydroxylation sites is 1. The monoisotopic (exact) mass is 532 g/mol. The zero-order valence-corrected chi connectivity index (χ0v) is 22.2. The molecule has 0 amide bonds. The highest BCUT2D eigenvalue weighted by atomic mass is 35.5. The van der Waals surface area contributed by atoms with Crippen molar-refractivity contribution in [1.82, 2.24) is 4.90 Å². The van der Waals surface area contributed by atoms with Crippen LogP contribution in [0.3, 0.4) is 0 Å². The Bertz CT molecular complexity index is 1350. The van der Waals surface area contributed by atoms with Crippen molar-refractivity contribution in [3.8, 4) is 34.1 Å². The Hall–Kier alpha value is -3.14. The van der Waals surface area contributed by atoms with Crippen molar-refractivity contribution in [2.75, 3.05) is 46.2 Å². The summed E-state index contributed by atoms with van der Waals surface area (Å²) < 4.78 is 52.5. The van der Waals surface area contributed by atoms with Crippen molar-refractivity contribution in [2.45, 2.75) is 17.4 Å². The third-order valence-corrected chi connectivity index (χ3v) is 7.73. The molecule has 1 N–H and O–H groups in total. The van der Waals surface area contributed by atoms with Gasteiger partial charge in [0.1, 0.15) is 17.6 Å². The number of methoxy groups -OCH3 is 3. The Morgan fingerprint density at radius 2 is 1.58 bits per heavy atom. The average molecular weight is 533 g/mol. The minimum Gasteiger partial charge on any atom is -0.496 e. The highest BCUT2D eigenvalue weighted by Crippen LogP contribution is 2.42. The van der Waals surface area contributed by atoms with E-state index < -0.39 is 10.0 Å². The molecule has 1 aliphatic rings. The van der Waals surface area contributed by atoms with E-state index in [4.69, 9.17) is 30.5 Å². The lowest BCUT2D eigenvalue weighted by molar-refractivity contribution is 0.208. The molecule has 0 saturated carbocycles. The summed E-state index contributed by atoms with van der Waals surface area (Å²) in [5.74, 6) is 1.61. The maximum atomic E-state index is 13.7. The number of hydrogen-bond acceptors (Lipinski definition) is 7. The molecule has 0 aromatic heterocycles. The van der Waals surface area contributed by atoms with Crippen LogP contribution in [-0.4, -0.2) is 60.9 Å². The van der Waals surface area contributed by atoms with E-state index in [0.717, 1.165) is 19.5 Å². The lowest BCUT2D eigenvalue weighted by atomic mass is 10.0. The maximum Gasteiger partial charge on any atom is 0.262 e. The number of likely N-dealkylation sites (tertiary alicyclic amines) is 1. The molecular formula is C26H29ClN2O6S. The van der Waals surface area contributed by atoms with Crippen LogP contribution in [0.4, 0.5) is 5.69 Å². The SMILES string of the molecule is COc1cc(-c2ccccc2OC)c(S(=O)(=O)Nc2ccc(Cl)c(O[C@@H]3CCN(C)C3)c2)cc1OC. The summed E-state index contributed by atoms with van der Waals surface area (Å²) >= 11 is 6.35. The largest absolute Gasteiger partial charge is 0.496 e. The second-order valence-electron chi connectivity index (χ2n) is 8.45. The van der Waals surface area contributed by atoms with Crippen LogP contribution >= 0.6 is 11.6 Å². The summed E-state index contributed by atoms with van der Waals surface area (Å²) in [4.78, 5) is 2.17. The quantitative estimate of drug-likeness (QED) is 0.418. The Labute approximate surface area is 216 Å². The molecule has 192 valence electrons. The van der Waals surface area contributed by atoms with E-state index in [1.807, 2.05) is 19.2 Å². The summed E-state index contributed by atoms with van der Waals surface area (Å²) in [7, 11) is 2.41. The van der Waals surface area contributed by atoms with Crippen molar-refractivity contribution in [3.05, 3.63) is 59.6 Å². The molecule has 1 saturated heterocycles. The molecule has 0 aliphatic carbocycles. The van der Waals surface area contributed by atoms with Gasteiger partial charge < -0.3 is 23.8 Å². The first-order chi connectivity index (χ1) is 17.2. The normalized spacial score (nSPS) is 16.0. The second kappa shape index (κ2) is 10.9. The molecular weight excluding hydrogens is 504 g/mol. The molecule has 1 heterocycles. The number of likely N-dealkylation sites (N-methyl/N-ethyl adjacent to an activating group) is 1. The van der Waals surface area contributed by atoms with Gasteiger partial charge in [-0.25, -0.2) is 8.42 Å². The average Bonchev–Trinajstić information content (AvgIpc) is 3.29. The molecule has 0 bridgehead atoms. The summed E-state index contributed by atoms with van der Waals surface area (Å²) in [5.41, 5.74) is 1.31. The van der Waals surface area contributed by atoms with Crippen molar-refractivity contribution < 1.29 is 27.4 Å². The maximum absolute atomic E-state index is 13.7. The number of ether oxygens (including phenoxy) is 4. The molecule has 36 heavy (non-hydrogen) atoms. The Balaban J connectivity index is 1.75. The van der Waals surface area contributed by atoms with Gasteiger partial charge in [-0.3, -0.25) is 4.72 Å². The van der Waals surface area contributed by atoms with Crippen molar-refractivity contribution in [2.24, 2.45) is 0 Å². The van der Waals surface area contributed by atoms with Crippen LogP contribution in [0, 0.1) is 0 Å². The Morgan fingerprint density at radius 1 is 0.889 bits per heavy atom. The highest BCUT2D eigenvalue weighted by molar-refractivity contribution is 7.92. The lowest BCUT2D eigenvalue weighted by Gasteiger charge is -2.19. The fourth-order valence-electron chi connectivity index (χ4n) is 4.20. The lowest BCUT2D eigenvalue weighted by Crippen LogP contribution is -2.21. The highest BCUT2D eigenvalue weighted by Gasteiger charge is 2.26. The zero-order valence-electron chi connectivity index (χ0n) is 20.6. The molecule has 0 spiro atoms. The molecule has 1 fully saturated rings. The first-order valence-corrected chi connectivity index (χ1v) is 13.2. The van der Waals surface area contributed by atoms with E-state index in [9.17, 15) is 8.42 Å². The molecule has 1 atom stereocenters. The molecule has 0 unspecified atom stereocenters. The van der Waals surface area contributed by atoms with E-state index in [1.54, 1.807) is 36.4 Å². The zero-order chi connectivity index (χ0) is 25.9. The predicted octanol–water partition coefficient (Wildman–Crippen LogP) is 4.92. The van der Waals surface area contributed by atoms with Gasteiger partial charge in [-0.05, 0) is 37.7 Å². The van der Waals surface area contributed by atoms with Crippen molar-refractivity contribution >= 4 is 27.3 Å². The first-order valence-electron chi connectivity index (χ1n) is 11.3. The molecule has 3 aromatic rings. The Morgan fingerprint density at radius 3 is 2.25 bits per heavy atom. The van der Waals surface area contributed by atoms with Crippen LogP contribution in [0.5, 0.6) is 23.0 Å². The van der Waals surface area contributed by atoms with E-state index in [0.29, 0.717) is 39.1 Å². The standard InChI is InChI=1S/C26H29ClN2O6S/c1-29-12-11-18(16-29)35-23-13-17(9-10-21(23)27)28-36(30,31)26-15-25(34-4)24(33-3)14-20(26)19-7-5-6-8-22(19)32-2/h5-10,13-15,18,28H,11-12,16H2,1-4H3/t18-/m1/s1. The van der Waals surface area contributed by atoms with Gasteiger partial charge >= 0.3 is 0 Å². The summed E-state index contributed by atoms with van der Waals surface area (Å²) in [5, 5.41) is 0.410. The van der Waals surface area contributed by atoms with Gasteiger partial charge in [0.15, 0.2) is 11.5 Å². The number of nitrogens with zero attached hydrogens (tertiary/aromatic N) is 1. The molecule has 10 heteroatoms. The fourth-order valence-corrected chi connectivity index (χ4v) is 5.63. The molecule has 3 aromatic carbocycles. The van der Waals surface area contributed by atoms with Crippen LogP contribution in [0.15, 0.2) is 59.5 Å². The Kier molecular flexibility index (Phi) is 7.82. The molecule has 4 rings (SSSR count). The van der Waals surface area contributed by atoms with E-state index in [-0.39, 0.29) is 16.7 Å². The minimum absolute atomic E-state index is 0.000476. The van der Waals surface area contributed by atoms with Gasteiger partial charge in [0.05, 0.1) is 36.9 Å². The topological polar surface area (TPSA) is 86.3 Å². The van der Waals surface area contributed by atoms with Crippen LogP contribution < -0.4 is 23.7 Å². The first kappa shape index (κ1) is 25.9. The van der Waals surface area contributed by atoms with Crippen molar-refractivity contribution in [3.63, 3.8) is 0 Å². The number of halogens is 1. The number of rotatable bonds is 9. The van der Waals surface area contributed by atoms with Gasteiger partial charge in [-0.15, -0.1) is 0 Å². The number of benzene rings is 3. The van der Waals surface area contributed by atoms with Crippen LogP contribution in [0.1, 0.15) is 6.42 Å². The number of sulfonamides is 1. The van der Waals surface area contributed by atoms with E-state index in [1.165, 1.54) is 27.4 Å². The van der Waals surface area contributed by atoms with Gasteiger partial charge in [0.2, 0.25) is 0 Å². The van der Waals surface area contributed by atoms with Gasteiger partial charge in [-0.1, -0.05) is 29.8 Å². The van der Waals surface area contributed by atoms with Crippen LogP contribution in [-0.2, 0) is 10.0 Å². The third-order valence-electron chi connectivity index (χ3n) is 6.00. The molecule has 8 nitrogen and oxygen atoms in total. The van der Waals surface area contributed by atoms with Crippen LogP contribution in [0.2, 0.25) is 5.02 Å². The number of nitrogens with one attached hydrogen (secondary N) is 1. The summed E-state index contributed by atoms with van der Waals surface area (Å²) in [6.07, 6.45) is 0.860.